The number of allylic oxidation sites excluding steroid dienone is 4. The number of hydrogen-bond donors (Lipinski definition) is 0. The fourth-order valence-electron chi connectivity index (χ4n) is 1.08. The molecule has 0 radical (unpaired) electrons. The molecule has 0 heterocycles. The zero-order chi connectivity index (χ0) is 9.35. The van der Waals surface area contributed by atoms with Gasteiger partial charge in [0, 0.05) is 0 Å². The van der Waals surface area contributed by atoms with E-state index in [4.69, 9.17) is 0 Å². The molecule has 0 amide bonds. The highest BCUT2D eigenvalue weighted by Crippen LogP contribution is 2.38. The molecule has 0 nitrogen and oxygen atoms in total. The van der Waals surface area contributed by atoms with E-state index >= 15 is 0 Å². The van der Waals surface area contributed by atoms with Gasteiger partial charge in [-0.1, -0.05) is 11.6 Å². The first-order chi connectivity index (χ1) is 5.41. The normalized spacial score (nSPS) is 24.9. The van der Waals surface area contributed by atoms with Crippen molar-refractivity contribution in [2.24, 2.45) is 5.92 Å². The second-order valence-electron chi connectivity index (χ2n) is 2.81. The van der Waals surface area contributed by atoms with Crippen LogP contribution >= 0.6 is 0 Å². The highest BCUT2D eigenvalue weighted by Gasteiger charge is 2.42. The van der Waals surface area contributed by atoms with Crippen molar-refractivity contribution in [3.05, 3.63) is 23.6 Å². The molecule has 0 bridgehead atoms. The van der Waals surface area contributed by atoms with Crippen LogP contribution in [0.25, 0.3) is 0 Å². The Kier molecular flexibility index (Phi) is 2.26. The van der Waals surface area contributed by atoms with Crippen molar-refractivity contribution in [2.75, 3.05) is 0 Å². The lowest BCUT2D eigenvalue weighted by Gasteiger charge is -2.20. The molecule has 1 rings (SSSR count). The molecule has 0 aromatic rings. The Balaban J connectivity index is 2.82. The zero-order valence-corrected chi connectivity index (χ0v) is 6.45. The van der Waals surface area contributed by atoms with Gasteiger partial charge in [-0.3, -0.25) is 0 Å². The first-order valence-corrected chi connectivity index (χ1v) is 3.52. The van der Waals surface area contributed by atoms with E-state index in [0.29, 0.717) is 5.57 Å². The van der Waals surface area contributed by atoms with Crippen LogP contribution in [0.1, 0.15) is 13.3 Å². The van der Waals surface area contributed by atoms with Crippen molar-refractivity contribution < 1.29 is 17.6 Å². The summed E-state index contributed by atoms with van der Waals surface area (Å²) in [6.07, 6.45) is -2.42. The number of hydrogen-bond acceptors (Lipinski definition) is 0. The molecule has 12 heavy (non-hydrogen) atoms. The van der Waals surface area contributed by atoms with Crippen molar-refractivity contribution >= 4 is 0 Å². The SMILES string of the molecule is CC1=CCC(C(F)(F)F)C(F)=C1. The average molecular weight is 180 g/mol. The highest BCUT2D eigenvalue weighted by molar-refractivity contribution is 5.25. The topological polar surface area (TPSA) is 0 Å². The Morgan fingerprint density at radius 1 is 1.42 bits per heavy atom. The average Bonchev–Trinajstić information content (AvgIpc) is 1.83. The molecule has 0 aromatic heterocycles. The largest absolute Gasteiger partial charge is 0.398 e. The van der Waals surface area contributed by atoms with E-state index in [1.807, 2.05) is 0 Å². The van der Waals surface area contributed by atoms with Crippen molar-refractivity contribution in [3.63, 3.8) is 0 Å². The molecule has 0 saturated heterocycles. The summed E-state index contributed by atoms with van der Waals surface area (Å²) >= 11 is 0. The third-order valence-electron chi connectivity index (χ3n) is 1.77. The van der Waals surface area contributed by atoms with E-state index in [9.17, 15) is 17.6 Å². The van der Waals surface area contributed by atoms with Gasteiger partial charge in [-0.05, 0) is 19.4 Å². The Hall–Kier alpha value is -0.800. The van der Waals surface area contributed by atoms with Gasteiger partial charge in [-0.2, -0.15) is 13.2 Å². The second kappa shape index (κ2) is 2.92. The van der Waals surface area contributed by atoms with Gasteiger partial charge in [0.25, 0.3) is 0 Å². The van der Waals surface area contributed by atoms with E-state index in [1.165, 1.54) is 6.08 Å². The lowest BCUT2D eigenvalue weighted by atomic mass is 9.96. The van der Waals surface area contributed by atoms with Crippen LogP contribution in [0.2, 0.25) is 0 Å². The maximum absolute atomic E-state index is 12.7. The predicted molar refractivity (Wildman–Crippen MR) is 37.1 cm³/mol. The molecule has 0 spiro atoms. The Morgan fingerprint density at radius 2 is 2.00 bits per heavy atom. The van der Waals surface area contributed by atoms with Crippen LogP contribution in [0.5, 0.6) is 0 Å². The standard InChI is InChI=1S/C8H8F4/c1-5-2-3-6(7(9)4-5)8(10,11)12/h2,4,6H,3H2,1H3. The van der Waals surface area contributed by atoms with Gasteiger partial charge >= 0.3 is 6.18 Å². The third-order valence-corrected chi connectivity index (χ3v) is 1.77. The van der Waals surface area contributed by atoms with Crippen molar-refractivity contribution in [3.8, 4) is 0 Å². The summed E-state index contributed by atoms with van der Waals surface area (Å²) in [5.41, 5.74) is 0.549. The Bertz CT molecular complexity index is 234. The minimum absolute atomic E-state index is 0.280. The number of rotatable bonds is 0. The number of halogens is 4. The fraction of sp³-hybridized carbons (Fsp3) is 0.500. The second-order valence-corrected chi connectivity index (χ2v) is 2.81. The van der Waals surface area contributed by atoms with Crippen LogP contribution in [0.15, 0.2) is 23.6 Å². The van der Waals surface area contributed by atoms with Gasteiger partial charge in [0.1, 0.15) is 11.7 Å². The lowest BCUT2D eigenvalue weighted by Crippen LogP contribution is -2.24. The summed E-state index contributed by atoms with van der Waals surface area (Å²) < 4.78 is 48.7. The highest BCUT2D eigenvalue weighted by atomic mass is 19.4. The van der Waals surface area contributed by atoms with Gasteiger partial charge in [0.05, 0.1) is 0 Å². The summed E-state index contributed by atoms with van der Waals surface area (Å²) in [4.78, 5) is 0. The third kappa shape index (κ3) is 1.87. The van der Waals surface area contributed by atoms with E-state index in [2.05, 4.69) is 0 Å². The van der Waals surface area contributed by atoms with Crippen LogP contribution in [-0.2, 0) is 0 Å². The summed E-state index contributed by atoms with van der Waals surface area (Å²) in [7, 11) is 0. The summed E-state index contributed by atoms with van der Waals surface area (Å²) in [6.45, 7) is 1.58. The molecule has 1 atom stereocenters. The fourth-order valence-corrected chi connectivity index (χ4v) is 1.08. The first-order valence-electron chi connectivity index (χ1n) is 3.52. The molecule has 1 aliphatic rings. The predicted octanol–water partition coefficient (Wildman–Crippen LogP) is 3.37. The van der Waals surface area contributed by atoms with Gasteiger partial charge < -0.3 is 0 Å². The molecule has 0 aromatic carbocycles. The summed E-state index contributed by atoms with van der Waals surface area (Å²) in [5.74, 6) is -3.01. The minimum atomic E-state index is -4.46. The minimum Gasteiger partial charge on any atom is -0.211 e. The first kappa shape index (κ1) is 9.29. The monoisotopic (exact) mass is 180 g/mol. The number of alkyl halides is 3. The maximum Gasteiger partial charge on any atom is 0.398 e. The summed E-state index contributed by atoms with van der Waals surface area (Å²) in [5, 5.41) is 0. The molecule has 4 heteroatoms. The molecule has 0 fully saturated rings. The van der Waals surface area contributed by atoms with Gasteiger partial charge in [-0.25, -0.2) is 4.39 Å². The smallest absolute Gasteiger partial charge is 0.211 e. The summed E-state index contributed by atoms with van der Waals surface area (Å²) in [6, 6.07) is 0. The molecule has 0 saturated carbocycles. The van der Waals surface area contributed by atoms with Crippen molar-refractivity contribution in [2.45, 2.75) is 19.5 Å². The Morgan fingerprint density at radius 3 is 2.42 bits per heavy atom. The van der Waals surface area contributed by atoms with Crippen LogP contribution in [0.3, 0.4) is 0 Å². The van der Waals surface area contributed by atoms with Gasteiger partial charge in [0.2, 0.25) is 0 Å². The van der Waals surface area contributed by atoms with Crippen LogP contribution in [0, 0.1) is 5.92 Å². The molecule has 1 unspecified atom stereocenters. The van der Waals surface area contributed by atoms with Crippen LogP contribution in [-0.4, -0.2) is 6.18 Å². The van der Waals surface area contributed by atoms with Crippen LogP contribution in [0.4, 0.5) is 17.6 Å². The van der Waals surface area contributed by atoms with Crippen LogP contribution < -0.4 is 0 Å². The van der Waals surface area contributed by atoms with Gasteiger partial charge in [-0.15, -0.1) is 0 Å². The van der Waals surface area contributed by atoms with E-state index in [1.54, 1.807) is 6.92 Å². The molecule has 68 valence electrons. The van der Waals surface area contributed by atoms with E-state index in [-0.39, 0.29) is 6.42 Å². The quantitative estimate of drug-likeness (QED) is 0.501. The van der Waals surface area contributed by atoms with Gasteiger partial charge in [0.15, 0.2) is 0 Å². The molecule has 0 aliphatic heterocycles. The molecular formula is C8H8F4. The van der Waals surface area contributed by atoms with Crippen molar-refractivity contribution in [1.29, 1.82) is 0 Å². The molecule has 1 aliphatic carbocycles. The molecular weight excluding hydrogens is 172 g/mol. The molecule has 0 N–H and O–H groups in total. The van der Waals surface area contributed by atoms with E-state index < -0.39 is 17.9 Å². The van der Waals surface area contributed by atoms with Crippen molar-refractivity contribution in [1.82, 2.24) is 0 Å². The lowest BCUT2D eigenvalue weighted by molar-refractivity contribution is -0.167. The van der Waals surface area contributed by atoms with E-state index in [0.717, 1.165) is 6.08 Å². The zero-order valence-electron chi connectivity index (χ0n) is 6.45. The Labute approximate surface area is 67.6 Å². The maximum atomic E-state index is 12.7.